The Bertz CT molecular complexity index is 882. The van der Waals surface area contributed by atoms with Gasteiger partial charge in [0.1, 0.15) is 6.33 Å². The summed E-state index contributed by atoms with van der Waals surface area (Å²) in [6.45, 7) is 4.06. The second-order valence-electron chi connectivity index (χ2n) is 5.46. The average molecular weight is 335 g/mol. The van der Waals surface area contributed by atoms with Crippen LogP contribution in [0.3, 0.4) is 0 Å². The van der Waals surface area contributed by atoms with Gasteiger partial charge < -0.3 is 0 Å². The number of aryl methyl sites for hydroxylation is 2. The zero-order valence-corrected chi connectivity index (χ0v) is 13.8. The number of rotatable bonds is 5. The van der Waals surface area contributed by atoms with E-state index in [0.717, 1.165) is 16.7 Å². The number of aromatic nitrogens is 5. The number of hydrogen-bond acceptors (Lipinski definition) is 6. The van der Waals surface area contributed by atoms with Gasteiger partial charge in [-0.25, -0.2) is 9.67 Å². The third-order valence-corrected chi connectivity index (χ3v) is 3.25. The predicted molar refractivity (Wildman–Crippen MR) is 94.1 cm³/mol. The SMILES string of the molecule is Cc1cc(C)cc(-c2ncn(/C=C\C(=O)NNc3cccnn3)n2)c1. The van der Waals surface area contributed by atoms with Gasteiger partial charge in [0, 0.05) is 24.0 Å². The van der Waals surface area contributed by atoms with E-state index in [0.29, 0.717) is 11.6 Å². The Morgan fingerprint density at radius 1 is 1.20 bits per heavy atom. The zero-order chi connectivity index (χ0) is 17.6. The van der Waals surface area contributed by atoms with Crippen LogP contribution in [-0.4, -0.2) is 30.9 Å². The smallest absolute Gasteiger partial charge is 0.263 e. The van der Waals surface area contributed by atoms with Crippen LogP contribution in [0, 0.1) is 13.8 Å². The van der Waals surface area contributed by atoms with E-state index in [2.05, 4.69) is 37.2 Å². The lowest BCUT2D eigenvalue weighted by Crippen LogP contribution is -2.28. The summed E-state index contributed by atoms with van der Waals surface area (Å²) in [6.07, 6.45) is 5.95. The number of benzene rings is 1. The number of hydrazine groups is 1. The van der Waals surface area contributed by atoms with E-state index in [-0.39, 0.29) is 5.91 Å². The Morgan fingerprint density at radius 3 is 2.72 bits per heavy atom. The van der Waals surface area contributed by atoms with Crippen molar-refractivity contribution in [2.75, 3.05) is 5.43 Å². The maximum absolute atomic E-state index is 11.8. The van der Waals surface area contributed by atoms with Crippen molar-refractivity contribution < 1.29 is 4.79 Å². The number of carbonyl (C=O) groups excluding carboxylic acids is 1. The summed E-state index contributed by atoms with van der Waals surface area (Å²) in [5.74, 6) is 0.700. The summed E-state index contributed by atoms with van der Waals surface area (Å²) in [5.41, 5.74) is 8.38. The van der Waals surface area contributed by atoms with Crippen molar-refractivity contribution in [1.82, 2.24) is 30.4 Å². The van der Waals surface area contributed by atoms with Gasteiger partial charge in [0.05, 0.1) is 0 Å². The summed E-state index contributed by atoms with van der Waals surface area (Å²) >= 11 is 0. The molecule has 0 saturated carbocycles. The quantitative estimate of drug-likeness (QED) is 0.546. The fourth-order valence-corrected chi connectivity index (χ4v) is 2.26. The van der Waals surface area contributed by atoms with Gasteiger partial charge in [-0.05, 0) is 38.1 Å². The molecule has 0 aliphatic rings. The van der Waals surface area contributed by atoms with E-state index >= 15 is 0 Å². The van der Waals surface area contributed by atoms with E-state index < -0.39 is 0 Å². The van der Waals surface area contributed by atoms with Crippen LogP contribution in [0.2, 0.25) is 0 Å². The highest BCUT2D eigenvalue weighted by Crippen LogP contribution is 2.18. The van der Waals surface area contributed by atoms with Crippen LogP contribution in [-0.2, 0) is 4.79 Å². The number of hydrogen-bond donors (Lipinski definition) is 2. The maximum atomic E-state index is 11.8. The fraction of sp³-hybridized carbons (Fsp3) is 0.118. The molecule has 0 aliphatic heterocycles. The van der Waals surface area contributed by atoms with Gasteiger partial charge in [-0.2, -0.15) is 5.10 Å². The van der Waals surface area contributed by atoms with E-state index in [1.807, 2.05) is 26.0 Å². The molecular weight excluding hydrogens is 318 g/mol. The van der Waals surface area contributed by atoms with Crippen LogP contribution < -0.4 is 10.9 Å². The third-order valence-electron chi connectivity index (χ3n) is 3.25. The first-order valence-electron chi connectivity index (χ1n) is 7.62. The van der Waals surface area contributed by atoms with Crippen molar-refractivity contribution in [3.05, 3.63) is 60.1 Å². The van der Waals surface area contributed by atoms with Crippen molar-refractivity contribution >= 4 is 17.9 Å². The molecule has 0 aliphatic carbocycles. The Kier molecular flexibility index (Phi) is 4.79. The predicted octanol–water partition coefficient (Wildman–Crippen LogP) is 1.97. The summed E-state index contributed by atoms with van der Waals surface area (Å²) in [5, 5.41) is 11.8. The Balaban J connectivity index is 1.62. The highest BCUT2D eigenvalue weighted by atomic mass is 16.2. The minimum Gasteiger partial charge on any atom is -0.280 e. The molecule has 1 amide bonds. The van der Waals surface area contributed by atoms with Crippen LogP contribution in [0.25, 0.3) is 17.6 Å². The van der Waals surface area contributed by atoms with Crippen molar-refractivity contribution in [2.24, 2.45) is 0 Å². The molecule has 0 saturated heterocycles. The van der Waals surface area contributed by atoms with Gasteiger partial charge in [-0.1, -0.05) is 17.2 Å². The lowest BCUT2D eigenvalue weighted by atomic mass is 10.1. The molecule has 2 heterocycles. The summed E-state index contributed by atoms with van der Waals surface area (Å²) in [7, 11) is 0. The molecule has 8 heteroatoms. The third kappa shape index (κ3) is 4.47. The van der Waals surface area contributed by atoms with Crippen LogP contribution in [0.1, 0.15) is 11.1 Å². The van der Waals surface area contributed by atoms with Crippen LogP contribution in [0.15, 0.2) is 48.9 Å². The monoisotopic (exact) mass is 335 g/mol. The summed E-state index contributed by atoms with van der Waals surface area (Å²) in [4.78, 5) is 16.1. The van der Waals surface area contributed by atoms with E-state index in [1.54, 1.807) is 24.7 Å². The molecule has 0 unspecified atom stereocenters. The molecule has 8 nitrogen and oxygen atoms in total. The van der Waals surface area contributed by atoms with Gasteiger partial charge in [0.25, 0.3) is 5.91 Å². The van der Waals surface area contributed by atoms with Crippen molar-refractivity contribution in [3.63, 3.8) is 0 Å². The first kappa shape index (κ1) is 16.3. The molecule has 1 aromatic carbocycles. The van der Waals surface area contributed by atoms with Gasteiger partial charge in [-0.3, -0.25) is 15.6 Å². The summed E-state index contributed by atoms with van der Waals surface area (Å²) in [6, 6.07) is 9.53. The number of carbonyl (C=O) groups is 1. The fourth-order valence-electron chi connectivity index (χ4n) is 2.26. The van der Waals surface area contributed by atoms with Gasteiger partial charge in [0.15, 0.2) is 11.6 Å². The first-order chi connectivity index (χ1) is 12.1. The second-order valence-corrected chi connectivity index (χ2v) is 5.46. The highest BCUT2D eigenvalue weighted by Gasteiger charge is 2.05. The molecule has 25 heavy (non-hydrogen) atoms. The lowest BCUT2D eigenvalue weighted by Gasteiger charge is -2.03. The van der Waals surface area contributed by atoms with Crippen LogP contribution in [0.5, 0.6) is 0 Å². The number of nitrogens with zero attached hydrogens (tertiary/aromatic N) is 5. The van der Waals surface area contributed by atoms with Gasteiger partial charge in [-0.15, -0.1) is 10.2 Å². The molecule has 3 rings (SSSR count). The average Bonchev–Trinajstić information content (AvgIpc) is 3.07. The van der Waals surface area contributed by atoms with Crippen molar-refractivity contribution in [1.29, 1.82) is 0 Å². The van der Waals surface area contributed by atoms with Crippen molar-refractivity contribution in [3.8, 4) is 11.4 Å². The Hall–Kier alpha value is -3.55. The maximum Gasteiger partial charge on any atom is 0.263 e. The highest BCUT2D eigenvalue weighted by molar-refractivity contribution is 5.90. The molecule has 2 aromatic heterocycles. The topological polar surface area (TPSA) is 97.6 Å². The summed E-state index contributed by atoms with van der Waals surface area (Å²) < 4.78 is 1.48. The van der Waals surface area contributed by atoms with E-state index in [1.165, 1.54) is 17.0 Å². The molecule has 0 radical (unpaired) electrons. The van der Waals surface area contributed by atoms with Crippen LogP contribution in [0.4, 0.5) is 5.82 Å². The number of amides is 1. The minimum absolute atomic E-state index is 0.353. The van der Waals surface area contributed by atoms with Crippen molar-refractivity contribution in [2.45, 2.75) is 13.8 Å². The normalized spacial score (nSPS) is 10.8. The largest absolute Gasteiger partial charge is 0.280 e. The molecule has 2 N–H and O–H groups in total. The standard InChI is InChI=1S/C17H17N7O/c1-12-8-13(2)10-14(9-12)17-18-11-24(23-17)7-5-16(25)22-21-15-4-3-6-19-20-15/h3-11H,1-2H3,(H,20,21)(H,22,25)/b7-5-. The van der Waals surface area contributed by atoms with Crippen LogP contribution >= 0.6 is 0 Å². The van der Waals surface area contributed by atoms with E-state index in [9.17, 15) is 4.79 Å². The zero-order valence-electron chi connectivity index (χ0n) is 13.8. The Labute approximate surface area is 144 Å². The van der Waals surface area contributed by atoms with Gasteiger partial charge >= 0.3 is 0 Å². The molecule has 126 valence electrons. The Morgan fingerprint density at radius 2 is 2.00 bits per heavy atom. The van der Waals surface area contributed by atoms with Gasteiger partial charge in [0.2, 0.25) is 0 Å². The first-order valence-corrected chi connectivity index (χ1v) is 7.62. The molecule has 0 spiro atoms. The number of nitrogens with one attached hydrogen (secondary N) is 2. The minimum atomic E-state index is -0.353. The molecule has 0 bridgehead atoms. The number of anilines is 1. The second kappa shape index (κ2) is 7.35. The lowest BCUT2D eigenvalue weighted by molar-refractivity contribution is -0.116. The van der Waals surface area contributed by atoms with E-state index in [4.69, 9.17) is 0 Å². The molecule has 3 aromatic rings. The molecule has 0 atom stereocenters. The molecule has 0 fully saturated rings. The molecular formula is C17H17N7O.